The van der Waals surface area contributed by atoms with E-state index in [-0.39, 0.29) is 34.9 Å². The van der Waals surface area contributed by atoms with Gasteiger partial charge in [-0.05, 0) is 62.2 Å². The number of hydrogen-bond acceptors (Lipinski definition) is 5. The van der Waals surface area contributed by atoms with E-state index in [2.05, 4.69) is 10.6 Å². The van der Waals surface area contributed by atoms with Crippen LogP contribution in [0.5, 0.6) is 11.5 Å². The first-order valence-corrected chi connectivity index (χ1v) is 12.1. The molecule has 0 bridgehead atoms. The predicted octanol–water partition coefficient (Wildman–Crippen LogP) is 5.85. The summed E-state index contributed by atoms with van der Waals surface area (Å²) in [5.74, 6) is -0.386. The Bertz CT molecular complexity index is 1320. The average Bonchev–Trinajstić information content (AvgIpc) is 2.88. The molecular formula is C29H28ClN3O4. The summed E-state index contributed by atoms with van der Waals surface area (Å²) in [7, 11) is 0. The van der Waals surface area contributed by atoms with E-state index < -0.39 is 5.91 Å². The van der Waals surface area contributed by atoms with Gasteiger partial charge >= 0.3 is 0 Å². The third kappa shape index (κ3) is 7.86. The van der Waals surface area contributed by atoms with Crippen LogP contribution in [0.25, 0.3) is 6.08 Å². The lowest BCUT2D eigenvalue weighted by Crippen LogP contribution is -2.27. The van der Waals surface area contributed by atoms with Crippen molar-refractivity contribution in [2.75, 3.05) is 18.5 Å². The Morgan fingerprint density at radius 2 is 1.78 bits per heavy atom. The fourth-order valence-electron chi connectivity index (χ4n) is 3.46. The van der Waals surface area contributed by atoms with Gasteiger partial charge in [0.15, 0.2) is 18.1 Å². The number of rotatable bonds is 10. The molecule has 8 heteroatoms. The maximum atomic E-state index is 12.7. The van der Waals surface area contributed by atoms with Gasteiger partial charge in [-0.1, -0.05) is 59.6 Å². The molecule has 0 aliphatic heterocycles. The van der Waals surface area contributed by atoms with Gasteiger partial charge in [-0.3, -0.25) is 9.59 Å². The van der Waals surface area contributed by atoms with Gasteiger partial charge in [0, 0.05) is 5.69 Å². The normalized spacial score (nSPS) is 11.7. The van der Waals surface area contributed by atoms with Gasteiger partial charge in [0.1, 0.15) is 11.6 Å². The molecule has 1 atom stereocenters. The van der Waals surface area contributed by atoms with Crippen molar-refractivity contribution in [2.45, 2.75) is 26.8 Å². The summed E-state index contributed by atoms with van der Waals surface area (Å²) in [6, 6.07) is 21.6. The number of hydrogen-bond donors (Lipinski definition) is 2. The molecular weight excluding hydrogens is 490 g/mol. The Labute approximate surface area is 221 Å². The molecule has 0 unspecified atom stereocenters. The van der Waals surface area contributed by atoms with Gasteiger partial charge in [-0.25, -0.2) is 0 Å². The smallest absolute Gasteiger partial charge is 0.262 e. The highest BCUT2D eigenvalue weighted by Crippen LogP contribution is 2.37. The molecule has 2 N–H and O–H groups in total. The van der Waals surface area contributed by atoms with Crippen molar-refractivity contribution in [3.63, 3.8) is 0 Å². The van der Waals surface area contributed by atoms with E-state index in [9.17, 15) is 14.9 Å². The molecule has 7 nitrogen and oxygen atoms in total. The summed E-state index contributed by atoms with van der Waals surface area (Å²) in [6.07, 6.45) is 1.43. The van der Waals surface area contributed by atoms with Crippen molar-refractivity contribution in [1.82, 2.24) is 5.32 Å². The third-order valence-corrected chi connectivity index (χ3v) is 5.62. The van der Waals surface area contributed by atoms with E-state index in [1.54, 1.807) is 31.2 Å². The second-order valence-electron chi connectivity index (χ2n) is 8.24. The zero-order valence-electron chi connectivity index (χ0n) is 20.9. The van der Waals surface area contributed by atoms with Crippen molar-refractivity contribution < 1.29 is 19.1 Å². The minimum Gasteiger partial charge on any atom is -0.490 e. The molecule has 2 amide bonds. The van der Waals surface area contributed by atoms with Gasteiger partial charge < -0.3 is 20.1 Å². The largest absolute Gasteiger partial charge is 0.490 e. The van der Waals surface area contributed by atoms with E-state index in [0.717, 1.165) is 11.1 Å². The third-order valence-electron chi connectivity index (χ3n) is 5.34. The lowest BCUT2D eigenvalue weighted by Gasteiger charge is -2.15. The summed E-state index contributed by atoms with van der Waals surface area (Å²) < 4.78 is 11.3. The van der Waals surface area contributed by atoms with Crippen LogP contribution in [0.2, 0.25) is 5.02 Å². The Kier molecular flexibility index (Phi) is 9.70. The maximum Gasteiger partial charge on any atom is 0.262 e. The number of nitrogens with zero attached hydrogens (tertiary/aromatic N) is 1. The van der Waals surface area contributed by atoms with Crippen molar-refractivity contribution in [3.05, 3.63) is 94.0 Å². The highest BCUT2D eigenvalue weighted by molar-refractivity contribution is 6.32. The Morgan fingerprint density at radius 1 is 1.08 bits per heavy atom. The fraction of sp³-hybridized carbons (Fsp3) is 0.207. The molecule has 3 aromatic rings. The average molecular weight is 518 g/mol. The first kappa shape index (κ1) is 27.3. The molecule has 37 heavy (non-hydrogen) atoms. The zero-order valence-corrected chi connectivity index (χ0v) is 21.6. The van der Waals surface area contributed by atoms with Gasteiger partial charge in [0.25, 0.3) is 11.8 Å². The number of amides is 2. The second kappa shape index (κ2) is 13.1. The number of aryl methyl sites for hydroxylation is 1. The lowest BCUT2D eigenvalue weighted by atomic mass is 10.1. The summed E-state index contributed by atoms with van der Waals surface area (Å²) in [5, 5.41) is 15.4. The van der Waals surface area contributed by atoms with Crippen molar-refractivity contribution >= 4 is 35.2 Å². The quantitative estimate of drug-likeness (QED) is 0.259. The number of halogens is 1. The van der Waals surface area contributed by atoms with Crippen LogP contribution < -0.4 is 20.1 Å². The second-order valence-corrected chi connectivity index (χ2v) is 8.65. The van der Waals surface area contributed by atoms with E-state index in [0.29, 0.717) is 23.6 Å². The first-order valence-electron chi connectivity index (χ1n) is 11.7. The minimum absolute atomic E-state index is 0.0903. The highest BCUT2D eigenvalue weighted by atomic mass is 35.5. The topological polar surface area (TPSA) is 100 Å². The van der Waals surface area contributed by atoms with Crippen LogP contribution in [0.4, 0.5) is 5.69 Å². The molecule has 3 rings (SSSR count). The highest BCUT2D eigenvalue weighted by Gasteiger charge is 2.17. The Morgan fingerprint density at radius 3 is 2.43 bits per heavy atom. The summed E-state index contributed by atoms with van der Waals surface area (Å²) >= 11 is 6.45. The number of ether oxygens (including phenoxy) is 2. The molecule has 0 aliphatic carbocycles. The number of carbonyl (C=O) groups is 2. The maximum absolute atomic E-state index is 12.7. The molecule has 190 valence electrons. The van der Waals surface area contributed by atoms with Crippen LogP contribution in [0.3, 0.4) is 0 Å². The SMILES string of the molecule is CCOc1cc(/C=C(/C#N)C(=O)N[C@H](C)c2ccccc2)cc(Cl)c1OCC(=O)Nc1ccc(C)cc1. The standard InChI is InChI=1S/C29H28ClN3O4/c1-4-36-26-16-21(14-23(17-31)29(35)32-20(3)22-8-6-5-7-9-22)15-25(30)28(26)37-18-27(34)33-24-12-10-19(2)11-13-24/h5-16,20H,4,18H2,1-3H3,(H,32,35)(H,33,34)/b23-14-/t20-/m1/s1. The van der Waals surface area contributed by atoms with Crippen molar-refractivity contribution in [3.8, 4) is 17.6 Å². The monoisotopic (exact) mass is 517 g/mol. The molecule has 0 spiro atoms. The minimum atomic E-state index is -0.513. The van der Waals surface area contributed by atoms with Crippen LogP contribution >= 0.6 is 11.6 Å². The van der Waals surface area contributed by atoms with E-state index >= 15 is 0 Å². The Balaban J connectivity index is 1.74. The van der Waals surface area contributed by atoms with Crippen LogP contribution in [0.15, 0.2) is 72.3 Å². The number of benzene rings is 3. The fourth-order valence-corrected chi connectivity index (χ4v) is 3.73. The van der Waals surface area contributed by atoms with Gasteiger partial charge in [0.05, 0.1) is 17.7 Å². The molecule has 0 saturated heterocycles. The molecule has 0 saturated carbocycles. The molecule has 3 aromatic carbocycles. The summed E-state index contributed by atoms with van der Waals surface area (Å²) in [6.45, 7) is 5.63. The Hall–Kier alpha value is -4.28. The van der Waals surface area contributed by atoms with Crippen LogP contribution in [0, 0.1) is 18.3 Å². The zero-order chi connectivity index (χ0) is 26.8. The summed E-state index contributed by atoms with van der Waals surface area (Å²) in [4.78, 5) is 25.1. The van der Waals surface area contributed by atoms with Crippen molar-refractivity contribution in [2.24, 2.45) is 0 Å². The number of carbonyl (C=O) groups excluding carboxylic acids is 2. The number of nitriles is 1. The van der Waals surface area contributed by atoms with Crippen molar-refractivity contribution in [1.29, 1.82) is 5.26 Å². The van der Waals surface area contributed by atoms with Gasteiger partial charge in [-0.2, -0.15) is 5.26 Å². The van der Waals surface area contributed by atoms with Crippen LogP contribution in [-0.2, 0) is 9.59 Å². The molecule has 0 aliphatic rings. The predicted molar refractivity (Wildman–Crippen MR) is 145 cm³/mol. The first-order chi connectivity index (χ1) is 17.8. The summed E-state index contributed by atoms with van der Waals surface area (Å²) in [5.41, 5.74) is 3.04. The van der Waals surface area contributed by atoms with E-state index in [1.807, 2.05) is 62.4 Å². The van der Waals surface area contributed by atoms with E-state index in [4.69, 9.17) is 21.1 Å². The van der Waals surface area contributed by atoms with Gasteiger partial charge in [0.2, 0.25) is 0 Å². The molecule has 0 radical (unpaired) electrons. The van der Waals surface area contributed by atoms with Crippen LogP contribution in [-0.4, -0.2) is 25.0 Å². The lowest BCUT2D eigenvalue weighted by molar-refractivity contribution is -0.118. The van der Waals surface area contributed by atoms with Gasteiger partial charge in [-0.15, -0.1) is 0 Å². The molecule has 0 aromatic heterocycles. The van der Waals surface area contributed by atoms with E-state index in [1.165, 1.54) is 6.08 Å². The molecule has 0 heterocycles. The molecule has 0 fully saturated rings. The number of nitrogens with one attached hydrogen (secondary N) is 2. The number of anilines is 1. The van der Waals surface area contributed by atoms with Crippen LogP contribution in [0.1, 0.15) is 36.6 Å².